The smallest absolute Gasteiger partial charge is 0.419 e. The quantitative estimate of drug-likeness (QED) is 0.480. The molecule has 3 heterocycles. The molecule has 188 valence electrons. The van der Waals surface area contributed by atoms with E-state index in [0.717, 1.165) is 0 Å². The molecule has 10 heteroatoms. The summed E-state index contributed by atoms with van der Waals surface area (Å²) in [5.41, 5.74) is 1.48. The number of amides is 2. The van der Waals surface area contributed by atoms with E-state index in [1.807, 2.05) is 0 Å². The van der Waals surface area contributed by atoms with E-state index >= 15 is 0 Å². The molecule has 1 aromatic heterocycles. The maximum absolute atomic E-state index is 13.4. The predicted molar refractivity (Wildman–Crippen MR) is 132 cm³/mol. The molecule has 36 heavy (non-hydrogen) atoms. The van der Waals surface area contributed by atoms with Crippen LogP contribution in [0.3, 0.4) is 0 Å². The molecule has 3 aromatic rings. The van der Waals surface area contributed by atoms with Gasteiger partial charge in [-0.3, -0.25) is 14.2 Å². The fourth-order valence-electron chi connectivity index (χ4n) is 5.07. The summed E-state index contributed by atoms with van der Waals surface area (Å²) in [4.78, 5) is 42.5. The number of benzene rings is 2. The molecule has 2 N–H and O–H groups in total. The van der Waals surface area contributed by atoms with E-state index < -0.39 is 23.8 Å². The van der Waals surface area contributed by atoms with Gasteiger partial charge in [-0.1, -0.05) is 11.6 Å². The van der Waals surface area contributed by atoms with Crippen molar-refractivity contribution in [2.24, 2.45) is 0 Å². The topological polar surface area (TPSA) is 112 Å². The third kappa shape index (κ3) is 3.83. The Morgan fingerprint density at radius 1 is 1.08 bits per heavy atom. The SMILES string of the molecule is CN1CC(=O)N2[C@H](c3cn(C(=O)OC(C)(C)C)c4ccc(Cl)cc34)c3cc(O)c(O)cc3C[C@H]2C1=O. The van der Waals surface area contributed by atoms with E-state index in [4.69, 9.17) is 16.3 Å². The molecule has 0 radical (unpaired) electrons. The summed E-state index contributed by atoms with van der Waals surface area (Å²) in [5.74, 6) is -1.17. The van der Waals surface area contributed by atoms with Crippen LogP contribution in [0, 0.1) is 0 Å². The third-order valence-corrected chi connectivity index (χ3v) is 6.80. The van der Waals surface area contributed by atoms with Gasteiger partial charge in [0.2, 0.25) is 11.8 Å². The number of carbonyl (C=O) groups is 3. The molecule has 0 unspecified atom stereocenters. The summed E-state index contributed by atoms with van der Waals surface area (Å²) in [6.45, 7) is 5.19. The highest BCUT2D eigenvalue weighted by atomic mass is 35.5. The van der Waals surface area contributed by atoms with Gasteiger partial charge in [0.15, 0.2) is 11.5 Å². The summed E-state index contributed by atoms with van der Waals surface area (Å²) in [7, 11) is 1.57. The number of likely N-dealkylation sites (N-methyl/N-ethyl adjacent to an activating group) is 1. The van der Waals surface area contributed by atoms with Crippen molar-refractivity contribution in [3.8, 4) is 11.5 Å². The number of hydrogen-bond donors (Lipinski definition) is 2. The Hall–Kier alpha value is -3.72. The largest absolute Gasteiger partial charge is 0.504 e. The average Bonchev–Trinajstić information content (AvgIpc) is 3.14. The van der Waals surface area contributed by atoms with Crippen molar-refractivity contribution in [2.45, 2.75) is 44.9 Å². The molecule has 2 atom stereocenters. The van der Waals surface area contributed by atoms with Crippen LogP contribution in [0.15, 0.2) is 36.5 Å². The molecular weight excluding hydrogens is 486 g/mol. The van der Waals surface area contributed by atoms with Crippen LogP contribution in [0.4, 0.5) is 4.79 Å². The average molecular weight is 512 g/mol. The van der Waals surface area contributed by atoms with E-state index in [-0.39, 0.29) is 36.3 Å². The van der Waals surface area contributed by atoms with Gasteiger partial charge in [0.05, 0.1) is 18.1 Å². The van der Waals surface area contributed by atoms with E-state index in [1.165, 1.54) is 26.5 Å². The fraction of sp³-hybridized carbons (Fsp3) is 0.346. The maximum Gasteiger partial charge on any atom is 0.419 e. The minimum atomic E-state index is -0.819. The van der Waals surface area contributed by atoms with Crippen LogP contribution < -0.4 is 0 Å². The predicted octanol–water partition coefficient (Wildman–Crippen LogP) is 3.80. The van der Waals surface area contributed by atoms with Crippen molar-refractivity contribution >= 4 is 40.4 Å². The molecule has 1 saturated heterocycles. The van der Waals surface area contributed by atoms with Crippen LogP contribution in [0.2, 0.25) is 5.02 Å². The fourth-order valence-corrected chi connectivity index (χ4v) is 5.24. The van der Waals surface area contributed by atoms with Gasteiger partial charge in [-0.15, -0.1) is 0 Å². The van der Waals surface area contributed by atoms with Crippen molar-refractivity contribution in [2.75, 3.05) is 13.6 Å². The van der Waals surface area contributed by atoms with Crippen molar-refractivity contribution in [3.63, 3.8) is 0 Å². The zero-order chi connectivity index (χ0) is 26.1. The first kappa shape index (κ1) is 24.0. The molecule has 9 nitrogen and oxygen atoms in total. The molecule has 1 fully saturated rings. The third-order valence-electron chi connectivity index (χ3n) is 6.56. The number of aromatic hydroxyl groups is 2. The Bertz CT molecular complexity index is 1440. The number of carbonyl (C=O) groups excluding carboxylic acids is 3. The molecule has 0 aliphatic carbocycles. The molecule has 2 amide bonds. The van der Waals surface area contributed by atoms with Gasteiger partial charge in [-0.25, -0.2) is 4.79 Å². The number of phenols is 2. The van der Waals surface area contributed by atoms with Crippen LogP contribution in [0.5, 0.6) is 11.5 Å². The van der Waals surface area contributed by atoms with Crippen molar-refractivity contribution < 1.29 is 29.3 Å². The van der Waals surface area contributed by atoms with E-state index in [1.54, 1.807) is 52.2 Å². The second kappa shape index (κ2) is 8.16. The molecular formula is C26H26ClN3O6. The van der Waals surface area contributed by atoms with E-state index in [2.05, 4.69) is 0 Å². The van der Waals surface area contributed by atoms with Crippen LogP contribution in [0.25, 0.3) is 10.9 Å². The van der Waals surface area contributed by atoms with Crippen molar-refractivity contribution in [1.82, 2.24) is 14.4 Å². The Kier molecular flexibility index (Phi) is 5.44. The monoisotopic (exact) mass is 511 g/mol. The van der Waals surface area contributed by atoms with Crippen LogP contribution in [-0.4, -0.2) is 67.7 Å². The Morgan fingerprint density at radius 2 is 1.78 bits per heavy atom. The number of ether oxygens (including phenoxy) is 1. The minimum absolute atomic E-state index is 0.101. The van der Waals surface area contributed by atoms with E-state index in [0.29, 0.717) is 32.6 Å². The summed E-state index contributed by atoms with van der Waals surface area (Å²) in [5, 5.41) is 21.5. The Balaban J connectivity index is 1.78. The lowest BCUT2D eigenvalue weighted by Crippen LogP contribution is -2.62. The van der Waals surface area contributed by atoms with Gasteiger partial charge in [-0.2, -0.15) is 0 Å². The van der Waals surface area contributed by atoms with E-state index in [9.17, 15) is 24.6 Å². The number of rotatable bonds is 1. The zero-order valence-electron chi connectivity index (χ0n) is 20.3. The second-order valence-corrected chi connectivity index (χ2v) is 10.7. The molecule has 2 aliphatic heterocycles. The Morgan fingerprint density at radius 3 is 2.47 bits per heavy atom. The summed E-state index contributed by atoms with van der Waals surface area (Å²) < 4.78 is 6.96. The highest BCUT2D eigenvalue weighted by molar-refractivity contribution is 6.31. The molecule has 0 saturated carbocycles. The van der Waals surface area contributed by atoms with Crippen molar-refractivity contribution in [1.29, 1.82) is 0 Å². The second-order valence-electron chi connectivity index (χ2n) is 10.3. The van der Waals surface area contributed by atoms with Gasteiger partial charge >= 0.3 is 6.09 Å². The standard InChI is InChI=1S/C26H26ClN3O6/c1-26(2,3)36-25(35)29-11-17(16-9-14(27)5-6-18(16)29)23-15-10-21(32)20(31)8-13(15)7-19-24(34)28(4)12-22(33)30(19)23/h5-6,8-11,19,23,31-32H,7,12H2,1-4H3/t19-,23-/m0/s1. The Labute approximate surface area is 212 Å². The molecule has 2 aromatic carbocycles. The highest BCUT2D eigenvalue weighted by Crippen LogP contribution is 2.46. The summed E-state index contributed by atoms with van der Waals surface area (Å²) in [6.07, 6.45) is 1.16. The number of hydrogen-bond acceptors (Lipinski definition) is 6. The van der Waals surface area contributed by atoms with Crippen LogP contribution in [0.1, 0.15) is 43.5 Å². The lowest BCUT2D eigenvalue weighted by Gasteiger charge is -2.47. The number of piperazine rings is 1. The number of aromatic nitrogens is 1. The first-order chi connectivity index (χ1) is 16.9. The lowest BCUT2D eigenvalue weighted by molar-refractivity contribution is -0.157. The van der Waals surface area contributed by atoms with Gasteiger partial charge in [-0.05, 0) is 62.2 Å². The number of fused-ring (bicyclic) bond motifs is 3. The van der Waals surface area contributed by atoms with Gasteiger partial charge < -0.3 is 24.7 Å². The maximum atomic E-state index is 13.4. The van der Waals surface area contributed by atoms with Crippen LogP contribution in [-0.2, 0) is 20.7 Å². The number of phenolic OH excluding ortho intramolecular Hbond substituents is 2. The molecule has 5 rings (SSSR count). The zero-order valence-corrected chi connectivity index (χ0v) is 21.0. The molecule has 0 bridgehead atoms. The van der Waals surface area contributed by atoms with Gasteiger partial charge in [0.25, 0.3) is 0 Å². The lowest BCUT2D eigenvalue weighted by atomic mass is 9.82. The van der Waals surface area contributed by atoms with Gasteiger partial charge in [0, 0.05) is 35.6 Å². The first-order valence-corrected chi connectivity index (χ1v) is 11.9. The number of halogens is 1. The molecule has 0 spiro atoms. The highest BCUT2D eigenvalue weighted by Gasteiger charge is 2.47. The minimum Gasteiger partial charge on any atom is -0.504 e. The summed E-state index contributed by atoms with van der Waals surface area (Å²) in [6, 6.07) is 6.23. The normalized spacial score (nSPS) is 19.9. The van der Waals surface area contributed by atoms with Crippen molar-refractivity contribution in [3.05, 3.63) is 58.2 Å². The van der Waals surface area contributed by atoms with Gasteiger partial charge in [0.1, 0.15) is 11.6 Å². The molecule has 2 aliphatic rings. The number of nitrogens with zero attached hydrogens (tertiary/aromatic N) is 3. The van der Waals surface area contributed by atoms with Crippen LogP contribution >= 0.6 is 11.6 Å². The first-order valence-electron chi connectivity index (χ1n) is 11.5. The summed E-state index contributed by atoms with van der Waals surface area (Å²) >= 11 is 6.34.